The van der Waals surface area contributed by atoms with Gasteiger partial charge in [0.15, 0.2) is 10.8 Å². The molecule has 2 aromatic heterocycles. The molecule has 0 bridgehead atoms. The van der Waals surface area contributed by atoms with E-state index in [1.807, 2.05) is 41.9 Å². The number of hydrogen-bond donors (Lipinski definition) is 0. The lowest BCUT2D eigenvalue weighted by molar-refractivity contribution is 0.414. The highest BCUT2D eigenvalue weighted by Gasteiger charge is 2.08. The quantitative estimate of drug-likeness (QED) is 0.690. The molecule has 0 atom stereocenters. The van der Waals surface area contributed by atoms with Crippen LogP contribution in [0.2, 0.25) is 0 Å². The maximum Gasteiger partial charge on any atom is 0.170 e. The third-order valence-electron chi connectivity index (χ3n) is 3.09. The second-order valence-electron chi connectivity index (χ2n) is 4.44. The van der Waals surface area contributed by atoms with Gasteiger partial charge in [-0.2, -0.15) is 0 Å². The van der Waals surface area contributed by atoms with Crippen LogP contribution in [0.25, 0.3) is 11.2 Å². The first-order valence-corrected chi connectivity index (χ1v) is 7.29. The Labute approximate surface area is 121 Å². The van der Waals surface area contributed by atoms with Gasteiger partial charge in [-0.1, -0.05) is 23.9 Å². The Morgan fingerprint density at radius 2 is 2.15 bits per heavy atom. The third kappa shape index (κ3) is 2.49. The molecule has 0 saturated heterocycles. The smallest absolute Gasteiger partial charge is 0.170 e. The summed E-state index contributed by atoms with van der Waals surface area (Å²) in [6, 6.07) is 12.0. The number of aryl methyl sites for hydroxylation is 1. The number of nitrogens with zero attached hydrogens (tertiary/aromatic N) is 3. The lowest BCUT2D eigenvalue weighted by Gasteiger charge is -2.04. The van der Waals surface area contributed by atoms with Gasteiger partial charge < -0.3 is 9.30 Å². The van der Waals surface area contributed by atoms with Crippen LogP contribution in [0.1, 0.15) is 5.56 Å². The standard InChI is InChI=1S/C15H15N3OS/c1-18-14-13(7-4-8-16-14)17-15(18)20-10-11-5-3-6-12(9-11)19-2/h3-9H,10H2,1-2H3. The minimum absolute atomic E-state index is 0.856. The van der Waals surface area contributed by atoms with E-state index in [1.165, 1.54) is 5.56 Å². The second kappa shape index (κ2) is 5.54. The normalized spacial score (nSPS) is 10.9. The Bertz CT molecular complexity index is 739. The highest BCUT2D eigenvalue weighted by molar-refractivity contribution is 7.98. The SMILES string of the molecule is COc1cccc(CSc2nc3cccnc3n2C)c1. The van der Waals surface area contributed by atoms with Gasteiger partial charge >= 0.3 is 0 Å². The van der Waals surface area contributed by atoms with Crippen LogP contribution in [0.15, 0.2) is 47.8 Å². The average Bonchev–Trinajstić information content (AvgIpc) is 2.82. The Morgan fingerprint density at radius 1 is 1.25 bits per heavy atom. The van der Waals surface area contributed by atoms with Crippen LogP contribution in [0.4, 0.5) is 0 Å². The molecule has 3 rings (SSSR count). The van der Waals surface area contributed by atoms with Gasteiger partial charge in [-0.3, -0.25) is 0 Å². The van der Waals surface area contributed by atoms with Gasteiger partial charge in [-0.05, 0) is 29.8 Å². The van der Waals surface area contributed by atoms with E-state index >= 15 is 0 Å². The Morgan fingerprint density at radius 3 is 2.95 bits per heavy atom. The zero-order chi connectivity index (χ0) is 13.9. The van der Waals surface area contributed by atoms with Crippen molar-refractivity contribution >= 4 is 22.9 Å². The summed E-state index contributed by atoms with van der Waals surface area (Å²) in [6.45, 7) is 0. The molecule has 4 nitrogen and oxygen atoms in total. The first kappa shape index (κ1) is 13.0. The minimum Gasteiger partial charge on any atom is -0.497 e. The van der Waals surface area contributed by atoms with Crippen molar-refractivity contribution in [1.82, 2.24) is 14.5 Å². The van der Waals surface area contributed by atoms with Crippen LogP contribution in [0.3, 0.4) is 0 Å². The van der Waals surface area contributed by atoms with E-state index in [2.05, 4.69) is 16.0 Å². The molecule has 1 aromatic carbocycles. The molecule has 102 valence electrons. The van der Waals surface area contributed by atoms with Crippen LogP contribution < -0.4 is 4.74 Å². The van der Waals surface area contributed by atoms with Gasteiger partial charge in [0.05, 0.1) is 7.11 Å². The molecule has 0 amide bonds. The van der Waals surface area contributed by atoms with Crippen molar-refractivity contribution in [3.63, 3.8) is 0 Å². The van der Waals surface area contributed by atoms with E-state index in [-0.39, 0.29) is 0 Å². The number of rotatable bonds is 4. The first-order valence-electron chi connectivity index (χ1n) is 6.31. The average molecular weight is 285 g/mol. The molecule has 2 heterocycles. The molecule has 0 aliphatic carbocycles. The Balaban J connectivity index is 1.81. The molecule has 0 aliphatic rings. The molecule has 3 aromatic rings. The molecular formula is C15H15N3OS. The second-order valence-corrected chi connectivity index (χ2v) is 5.38. The Hall–Kier alpha value is -2.01. The fourth-order valence-electron chi connectivity index (χ4n) is 2.04. The lowest BCUT2D eigenvalue weighted by Crippen LogP contribution is -1.93. The monoisotopic (exact) mass is 285 g/mol. The number of pyridine rings is 1. The van der Waals surface area contributed by atoms with Crippen LogP contribution >= 0.6 is 11.8 Å². The molecular weight excluding hydrogens is 270 g/mol. The maximum atomic E-state index is 5.24. The van der Waals surface area contributed by atoms with Crippen molar-refractivity contribution in [1.29, 1.82) is 0 Å². The fourth-order valence-corrected chi connectivity index (χ4v) is 2.96. The summed E-state index contributed by atoms with van der Waals surface area (Å²) >= 11 is 1.70. The summed E-state index contributed by atoms with van der Waals surface area (Å²) in [5.74, 6) is 1.74. The molecule has 0 N–H and O–H groups in total. The third-order valence-corrected chi connectivity index (χ3v) is 4.19. The maximum absolute atomic E-state index is 5.24. The number of aromatic nitrogens is 3. The van der Waals surface area contributed by atoms with Crippen molar-refractivity contribution in [2.75, 3.05) is 7.11 Å². The molecule has 0 aliphatic heterocycles. The molecule has 0 spiro atoms. The largest absolute Gasteiger partial charge is 0.497 e. The number of thioether (sulfide) groups is 1. The summed E-state index contributed by atoms with van der Waals surface area (Å²) in [5.41, 5.74) is 3.07. The van der Waals surface area contributed by atoms with Gasteiger partial charge in [0.25, 0.3) is 0 Å². The minimum atomic E-state index is 0.856. The lowest BCUT2D eigenvalue weighted by atomic mass is 10.2. The molecule has 20 heavy (non-hydrogen) atoms. The van der Waals surface area contributed by atoms with E-state index < -0.39 is 0 Å². The first-order chi connectivity index (χ1) is 9.78. The summed E-state index contributed by atoms with van der Waals surface area (Å²) in [5, 5.41) is 0.974. The van der Waals surface area contributed by atoms with Crippen molar-refractivity contribution < 1.29 is 4.74 Å². The number of fused-ring (bicyclic) bond motifs is 1. The molecule has 0 radical (unpaired) electrons. The predicted molar refractivity (Wildman–Crippen MR) is 81.1 cm³/mol. The zero-order valence-corrected chi connectivity index (χ0v) is 12.2. The fraction of sp³-hybridized carbons (Fsp3) is 0.200. The van der Waals surface area contributed by atoms with Crippen molar-refractivity contribution in [2.24, 2.45) is 7.05 Å². The van der Waals surface area contributed by atoms with Gasteiger partial charge in [0.2, 0.25) is 0 Å². The number of benzene rings is 1. The van der Waals surface area contributed by atoms with Crippen molar-refractivity contribution in [2.45, 2.75) is 10.9 Å². The molecule has 0 fully saturated rings. The number of ether oxygens (including phenoxy) is 1. The zero-order valence-electron chi connectivity index (χ0n) is 11.4. The topological polar surface area (TPSA) is 39.9 Å². The van der Waals surface area contributed by atoms with Gasteiger partial charge in [0.1, 0.15) is 11.3 Å². The molecule has 0 saturated carbocycles. The number of imidazole rings is 1. The number of hydrogen-bond acceptors (Lipinski definition) is 4. The van der Waals surface area contributed by atoms with E-state index in [4.69, 9.17) is 4.74 Å². The highest BCUT2D eigenvalue weighted by atomic mass is 32.2. The van der Waals surface area contributed by atoms with E-state index in [9.17, 15) is 0 Å². The van der Waals surface area contributed by atoms with E-state index in [0.717, 1.165) is 27.8 Å². The number of methoxy groups -OCH3 is 1. The van der Waals surface area contributed by atoms with Crippen molar-refractivity contribution in [3.05, 3.63) is 48.2 Å². The Kier molecular flexibility index (Phi) is 3.60. The van der Waals surface area contributed by atoms with Gasteiger partial charge in [-0.25, -0.2) is 9.97 Å². The molecule has 5 heteroatoms. The van der Waals surface area contributed by atoms with Crippen LogP contribution in [-0.2, 0) is 12.8 Å². The summed E-state index contributed by atoms with van der Waals surface area (Å²) in [6.07, 6.45) is 1.79. The summed E-state index contributed by atoms with van der Waals surface area (Å²) in [7, 11) is 3.68. The van der Waals surface area contributed by atoms with E-state index in [0.29, 0.717) is 0 Å². The van der Waals surface area contributed by atoms with Crippen LogP contribution in [0.5, 0.6) is 5.75 Å². The molecule has 0 unspecified atom stereocenters. The van der Waals surface area contributed by atoms with Gasteiger partial charge in [0, 0.05) is 19.0 Å². The van der Waals surface area contributed by atoms with Crippen molar-refractivity contribution in [3.8, 4) is 5.75 Å². The van der Waals surface area contributed by atoms with Crippen LogP contribution in [0, 0.1) is 0 Å². The highest BCUT2D eigenvalue weighted by Crippen LogP contribution is 2.25. The summed E-state index contributed by atoms with van der Waals surface area (Å²) < 4.78 is 7.27. The van der Waals surface area contributed by atoms with E-state index in [1.54, 1.807) is 25.1 Å². The summed E-state index contributed by atoms with van der Waals surface area (Å²) in [4.78, 5) is 8.95. The van der Waals surface area contributed by atoms with Gasteiger partial charge in [-0.15, -0.1) is 0 Å². The van der Waals surface area contributed by atoms with Crippen LogP contribution in [-0.4, -0.2) is 21.6 Å². The predicted octanol–water partition coefficient (Wildman–Crippen LogP) is 3.27.